The summed E-state index contributed by atoms with van der Waals surface area (Å²) in [6, 6.07) is 0.106. The minimum atomic E-state index is -0.773. The quantitative estimate of drug-likeness (QED) is 0.759. The van der Waals surface area contributed by atoms with Crippen LogP contribution >= 0.6 is 0 Å². The third-order valence-electron chi connectivity index (χ3n) is 3.05. The molecule has 0 bridgehead atoms. The standard InChI is InChI=1S/C11H21NO2/c1-9(2)12(11(13)14)8-10-6-4-3-5-7-10/h9-10H,3-8H2,1-2H3,(H,13,14). The summed E-state index contributed by atoms with van der Waals surface area (Å²) < 4.78 is 0. The Morgan fingerprint density at radius 1 is 1.36 bits per heavy atom. The lowest BCUT2D eigenvalue weighted by molar-refractivity contribution is 0.116. The number of nitrogens with zero attached hydrogens (tertiary/aromatic N) is 1. The van der Waals surface area contributed by atoms with E-state index in [0.29, 0.717) is 5.92 Å². The van der Waals surface area contributed by atoms with Gasteiger partial charge in [0.2, 0.25) is 0 Å². The molecular weight excluding hydrogens is 178 g/mol. The zero-order valence-corrected chi connectivity index (χ0v) is 9.20. The fraction of sp³-hybridized carbons (Fsp3) is 0.909. The first-order valence-electron chi connectivity index (χ1n) is 5.61. The van der Waals surface area contributed by atoms with Crippen molar-refractivity contribution >= 4 is 6.09 Å². The highest BCUT2D eigenvalue weighted by atomic mass is 16.4. The van der Waals surface area contributed by atoms with E-state index in [1.54, 1.807) is 4.90 Å². The van der Waals surface area contributed by atoms with Crippen LogP contribution in [0, 0.1) is 5.92 Å². The molecule has 14 heavy (non-hydrogen) atoms. The van der Waals surface area contributed by atoms with E-state index >= 15 is 0 Å². The van der Waals surface area contributed by atoms with Crippen molar-refractivity contribution in [1.82, 2.24) is 4.90 Å². The number of hydrogen-bond donors (Lipinski definition) is 1. The molecule has 3 heteroatoms. The van der Waals surface area contributed by atoms with Crippen LogP contribution in [-0.2, 0) is 0 Å². The van der Waals surface area contributed by atoms with Gasteiger partial charge in [-0.1, -0.05) is 19.3 Å². The molecule has 0 radical (unpaired) electrons. The summed E-state index contributed by atoms with van der Waals surface area (Å²) in [6.45, 7) is 4.61. The minimum absolute atomic E-state index is 0.106. The van der Waals surface area contributed by atoms with Crippen LogP contribution in [0.1, 0.15) is 46.0 Å². The maximum atomic E-state index is 10.9. The van der Waals surface area contributed by atoms with E-state index in [0.717, 1.165) is 6.54 Å². The zero-order chi connectivity index (χ0) is 10.6. The highest BCUT2D eigenvalue weighted by Crippen LogP contribution is 2.24. The van der Waals surface area contributed by atoms with Crippen LogP contribution in [0.3, 0.4) is 0 Å². The van der Waals surface area contributed by atoms with Gasteiger partial charge in [-0.2, -0.15) is 0 Å². The first-order valence-corrected chi connectivity index (χ1v) is 5.61. The van der Waals surface area contributed by atoms with Gasteiger partial charge in [0.05, 0.1) is 0 Å². The molecule has 1 N–H and O–H groups in total. The van der Waals surface area contributed by atoms with Crippen LogP contribution in [-0.4, -0.2) is 28.7 Å². The van der Waals surface area contributed by atoms with Gasteiger partial charge in [0.15, 0.2) is 0 Å². The second-order valence-electron chi connectivity index (χ2n) is 4.53. The predicted molar refractivity (Wildman–Crippen MR) is 56.4 cm³/mol. The van der Waals surface area contributed by atoms with Crippen LogP contribution < -0.4 is 0 Å². The largest absolute Gasteiger partial charge is 0.465 e. The maximum Gasteiger partial charge on any atom is 0.407 e. The summed E-state index contributed by atoms with van der Waals surface area (Å²) in [5.74, 6) is 0.599. The van der Waals surface area contributed by atoms with Gasteiger partial charge < -0.3 is 10.0 Å². The molecule has 1 amide bonds. The molecule has 82 valence electrons. The summed E-state index contributed by atoms with van der Waals surface area (Å²) in [5.41, 5.74) is 0. The van der Waals surface area contributed by atoms with Crippen molar-refractivity contribution in [2.45, 2.75) is 52.0 Å². The molecule has 0 unspecified atom stereocenters. The second-order valence-corrected chi connectivity index (χ2v) is 4.53. The van der Waals surface area contributed by atoms with Gasteiger partial charge in [-0.3, -0.25) is 0 Å². The number of amides is 1. The fourth-order valence-corrected chi connectivity index (χ4v) is 2.16. The van der Waals surface area contributed by atoms with Gasteiger partial charge in [0, 0.05) is 12.6 Å². The van der Waals surface area contributed by atoms with E-state index in [9.17, 15) is 4.79 Å². The number of rotatable bonds is 3. The van der Waals surface area contributed by atoms with Crippen molar-refractivity contribution in [2.24, 2.45) is 5.92 Å². The molecule has 0 aromatic rings. The Morgan fingerprint density at radius 3 is 2.36 bits per heavy atom. The normalized spacial score (nSPS) is 18.5. The smallest absolute Gasteiger partial charge is 0.407 e. The summed E-state index contributed by atoms with van der Waals surface area (Å²) in [5, 5.41) is 9.00. The minimum Gasteiger partial charge on any atom is -0.465 e. The molecule has 1 aliphatic carbocycles. The molecule has 1 rings (SSSR count). The molecule has 0 aromatic heterocycles. The van der Waals surface area contributed by atoms with Gasteiger partial charge >= 0.3 is 6.09 Å². The average molecular weight is 199 g/mol. The number of carboxylic acid groups (broad SMARTS) is 1. The monoisotopic (exact) mass is 199 g/mol. The molecule has 1 aliphatic rings. The fourth-order valence-electron chi connectivity index (χ4n) is 2.16. The Kier molecular flexibility index (Phi) is 4.23. The van der Waals surface area contributed by atoms with Crippen molar-refractivity contribution < 1.29 is 9.90 Å². The van der Waals surface area contributed by atoms with E-state index in [2.05, 4.69) is 0 Å². The van der Waals surface area contributed by atoms with E-state index in [1.807, 2.05) is 13.8 Å². The molecule has 0 aromatic carbocycles. The highest BCUT2D eigenvalue weighted by Gasteiger charge is 2.21. The van der Waals surface area contributed by atoms with Gasteiger partial charge in [-0.15, -0.1) is 0 Å². The van der Waals surface area contributed by atoms with Crippen molar-refractivity contribution in [3.63, 3.8) is 0 Å². The van der Waals surface area contributed by atoms with Crippen LogP contribution in [0.5, 0.6) is 0 Å². The number of hydrogen-bond acceptors (Lipinski definition) is 1. The molecule has 0 spiro atoms. The van der Waals surface area contributed by atoms with Gasteiger partial charge in [0.25, 0.3) is 0 Å². The van der Waals surface area contributed by atoms with E-state index in [1.165, 1.54) is 32.1 Å². The molecule has 1 fully saturated rings. The predicted octanol–water partition coefficient (Wildman–Crippen LogP) is 2.96. The summed E-state index contributed by atoms with van der Waals surface area (Å²) in [6.07, 6.45) is 5.51. The summed E-state index contributed by atoms with van der Waals surface area (Å²) in [4.78, 5) is 12.5. The number of carbonyl (C=O) groups is 1. The highest BCUT2D eigenvalue weighted by molar-refractivity contribution is 5.65. The third-order valence-corrected chi connectivity index (χ3v) is 3.05. The molecule has 0 aliphatic heterocycles. The van der Waals surface area contributed by atoms with Crippen LogP contribution in [0.2, 0.25) is 0 Å². The molecule has 0 heterocycles. The first-order chi connectivity index (χ1) is 6.61. The molecule has 0 atom stereocenters. The lowest BCUT2D eigenvalue weighted by atomic mass is 9.89. The lowest BCUT2D eigenvalue weighted by Gasteiger charge is -2.30. The Morgan fingerprint density at radius 2 is 1.93 bits per heavy atom. The Hall–Kier alpha value is -0.730. The molecule has 1 saturated carbocycles. The SMILES string of the molecule is CC(C)N(CC1CCCCC1)C(=O)O. The van der Waals surface area contributed by atoms with Gasteiger partial charge in [-0.05, 0) is 32.6 Å². The van der Waals surface area contributed by atoms with Crippen molar-refractivity contribution in [2.75, 3.05) is 6.54 Å². The Bertz CT molecular complexity index is 186. The third kappa shape index (κ3) is 3.20. The van der Waals surface area contributed by atoms with Crippen LogP contribution in [0.25, 0.3) is 0 Å². The second kappa shape index (κ2) is 5.23. The Labute approximate surface area is 86.1 Å². The van der Waals surface area contributed by atoms with E-state index < -0.39 is 6.09 Å². The van der Waals surface area contributed by atoms with E-state index in [4.69, 9.17) is 5.11 Å². The van der Waals surface area contributed by atoms with Crippen LogP contribution in [0.4, 0.5) is 4.79 Å². The average Bonchev–Trinajstić information content (AvgIpc) is 2.15. The van der Waals surface area contributed by atoms with Crippen molar-refractivity contribution in [3.8, 4) is 0 Å². The van der Waals surface area contributed by atoms with Gasteiger partial charge in [-0.25, -0.2) is 4.79 Å². The summed E-state index contributed by atoms with van der Waals surface area (Å²) in [7, 11) is 0. The molecular formula is C11H21NO2. The topological polar surface area (TPSA) is 40.5 Å². The van der Waals surface area contributed by atoms with E-state index in [-0.39, 0.29) is 6.04 Å². The zero-order valence-electron chi connectivity index (χ0n) is 9.20. The Balaban J connectivity index is 2.41. The van der Waals surface area contributed by atoms with Gasteiger partial charge in [0.1, 0.15) is 0 Å². The summed E-state index contributed by atoms with van der Waals surface area (Å²) >= 11 is 0. The molecule has 3 nitrogen and oxygen atoms in total. The molecule has 0 saturated heterocycles. The van der Waals surface area contributed by atoms with Crippen molar-refractivity contribution in [3.05, 3.63) is 0 Å². The van der Waals surface area contributed by atoms with Crippen LogP contribution in [0.15, 0.2) is 0 Å². The van der Waals surface area contributed by atoms with Crippen molar-refractivity contribution in [1.29, 1.82) is 0 Å². The lowest BCUT2D eigenvalue weighted by Crippen LogP contribution is -2.39. The first kappa shape index (κ1) is 11.3. The maximum absolute atomic E-state index is 10.9.